The van der Waals surface area contributed by atoms with Crippen LogP contribution in [0.1, 0.15) is 55.2 Å². The maximum atomic E-state index is 10.3. The molecule has 0 radical (unpaired) electrons. The second-order valence-corrected chi connectivity index (χ2v) is 10.1. The van der Waals surface area contributed by atoms with E-state index in [9.17, 15) is 14.4 Å². The normalized spacial score (nSPS) is 14.0. The van der Waals surface area contributed by atoms with Crippen molar-refractivity contribution in [1.29, 1.82) is 0 Å². The molecule has 0 aliphatic heterocycles. The zero-order chi connectivity index (χ0) is 30.0. The Hall–Kier alpha value is -4.35. The van der Waals surface area contributed by atoms with Crippen molar-refractivity contribution in [3.05, 3.63) is 77.6 Å². The van der Waals surface area contributed by atoms with E-state index in [1.807, 2.05) is 24.5 Å². The first-order valence-electron chi connectivity index (χ1n) is 13.1. The molecule has 1 heterocycles. The monoisotopic (exact) mass is 565 g/mol. The fourth-order valence-corrected chi connectivity index (χ4v) is 4.85. The van der Waals surface area contributed by atoms with Gasteiger partial charge in [-0.1, -0.05) is 49.2 Å². The molecule has 0 atom stereocenters. The Labute approximate surface area is 237 Å². The predicted octanol–water partition coefficient (Wildman–Crippen LogP) is 3.77. The van der Waals surface area contributed by atoms with Gasteiger partial charge in [0.15, 0.2) is 11.4 Å². The van der Waals surface area contributed by atoms with Crippen LogP contribution in [0.15, 0.2) is 60.9 Å². The second-order valence-electron chi connectivity index (χ2n) is 10.1. The lowest BCUT2D eigenvalue weighted by molar-refractivity contribution is -0.170. The number of aliphatic carboxylic acids is 3. The molecule has 0 bridgehead atoms. The molecule has 218 valence electrons. The van der Waals surface area contributed by atoms with Crippen LogP contribution >= 0.6 is 0 Å². The molecule has 0 unspecified atom stereocenters. The fraction of sp³-hybridized carbons (Fsp3) is 0.367. The second kappa shape index (κ2) is 13.8. The summed E-state index contributed by atoms with van der Waals surface area (Å²) in [6.07, 6.45) is 6.41. The lowest BCUT2D eigenvalue weighted by Gasteiger charge is -2.31. The van der Waals surface area contributed by atoms with Crippen LogP contribution in [0.25, 0.3) is 11.4 Å². The molecule has 2 aromatic carbocycles. The van der Waals surface area contributed by atoms with Crippen molar-refractivity contribution < 1.29 is 39.5 Å². The van der Waals surface area contributed by atoms with E-state index in [4.69, 9.17) is 25.2 Å². The highest BCUT2D eigenvalue weighted by Crippen LogP contribution is 2.39. The van der Waals surface area contributed by atoms with E-state index in [-0.39, 0.29) is 5.54 Å². The number of hydrogen-bond acceptors (Lipinski definition) is 8. The summed E-state index contributed by atoms with van der Waals surface area (Å²) in [7, 11) is 1.71. The minimum Gasteiger partial charge on any atom is -0.497 e. The number of nitrogens with one attached hydrogen (secondary N) is 1. The van der Waals surface area contributed by atoms with Crippen molar-refractivity contribution in [2.75, 3.05) is 7.11 Å². The van der Waals surface area contributed by atoms with Crippen molar-refractivity contribution in [1.82, 2.24) is 15.3 Å². The Morgan fingerprint density at radius 3 is 1.98 bits per heavy atom. The highest BCUT2D eigenvalue weighted by atomic mass is 16.5. The van der Waals surface area contributed by atoms with E-state index in [0.717, 1.165) is 42.1 Å². The molecular weight excluding hydrogens is 530 g/mol. The fourth-order valence-electron chi connectivity index (χ4n) is 4.85. The largest absolute Gasteiger partial charge is 0.497 e. The van der Waals surface area contributed by atoms with Gasteiger partial charge in [0.2, 0.25) is 0 Å². The highest BCUT2D eigenvalue weighted by Gasteiger charge is 2.40. The molecule has 1 aliphatic carbocycles. The maximum Gasteiger partial charge on any atom is 0.336 e. The number of aliphatic hydroxyl groups is 1. The van der Waals surface area contributed by atoms with E-state index in [1.165, 1.54) is 24.0 Å². The van der Waals surface area contributed by atoms with Crippen molar-refractivity contribution >= 4 is 17.9 Å². The summed E-state index contributed by atoms with van der Waals surface area (Å²) < 4.78 is 5.31. The minimum atomic E-state index is -2.74. The molecule has 5 N–H and O–H groups in total. The van der Waals surface area contributed by atoms with E-state index in [0.29, 0.717) is 0 Å². The number of methoxy groups -OCH3 is 1. The van der Waals surface area contributed by atoms with Gasteiger partial charge in [0, 0.05) is 35.6 Å². The SMILES string of the molecule is COc1ccc(C2(NCc3cnc(-c4ccccc4C)nc3)CCCC2)cc1.O=C(O)CC(O)(CC(=O)O)C(=O)O. The van der Waals surface area contributed by atoms with Gasteiger partial charge in [-0.15, -0.1) is 0 Å². The van der Waals surface area contributed by atoms with Crippen LogP contribution in [-0.2, 0) is 26.5 Å². The average molecular weight is 566 g/mol. The number of aryl methyl sites for hydroxylation is 1. The number of carbonyl (C=O) groups is 3. The summed E-state index contributed by atoms with van der Waals surface area (Å²) in [5.41, 5.74) is 2.02. The number of carboxylic acids is 3. The third-order valence-electron chi connectivity index (χ3n) is 7.11. The number of benzene rings is 2. The molecule has 1 aromatic heterocycles. The molecule has 4 rings (SSSR count). The molecule has 0 saturated heterocycles. The van der Waals surface area contributed by atoms with E-state index in [1.54, 1.807) is 7.11 Å². The molecule has 0 spiro atoms. The van der Waals surface area contributed by atoms with Crippen LogP contribution in [0, 0.1) is 6.92 Å². The lowest BCUT2D eigenvalue weighted by Crippen LogP contribution is -2.42. The Morgan fingerprint density at radius 1 is 0.927 bits per heavy atom. The standard InChI is InChI=1S/C24H27N3O.C6H8O7/c1-18-7-3-4-8-22(18)23-25-15-19(16-26-23)17-27-24(13-5-6-14-24)20-9-11-21(28-2)12-10-20;7-3(8)1-6(13,5(11)12)2-4(9)10/h3-4,7-12,15-16,27H,5-6,13-14,17H2,1-2H3;13H,1-2H2,(H,7,8)(H,9,10)(H,11,12). The zero-order valence-corrected chi connectivity index (χ0v) is 23.0. The lowest BCUT2D eigenvalue weighted by atomic mass is 9.88. The van der Waals surface area contributed by atoms with Gasteiger partial charge >= 0.3 is 17.9 Å². The predicted molar refractivity (Wildman–Crippen MR) is 149 cm³/mol. The third-order valence-corrected chi connectivity index (χ3v) is 7.11. The molecule has 0 amide bonds. The molecule has 1 fully saturated rings. The minimum absolute atomic E-state index is 0.0287. The molecule has 3 aromatic rings. The van der Waals surface area contributed by atoms with Gasteiger partial charge in [0.05, 0.1) is 20.0 Å². The van der Waals surface area contributed by atoms with Crippen molar-refractivity contribution in [2.24, 2.45) is 0 Å². The first kappa shape index (κ1) is 31.2. The van der Waals surface area contributed by atoms with Crippen molar-refractivity contribution in [3.63, 3.8) is 0 Å². The molecular formula is C30H35N3O8. The molecule has 1 aliphatic rings. The van der Waals surface area contributed by atoms with Gasteiger partial charge in [-0.3, -0.25) is 9.59 Å². The Bertz CT molecular complexity index is 1320. The topological polar surface area (TPSA) is 179 Å². The van der Waals surface area contributed by atoms with Gasteiger partial charge in [0.1, 0.15) is 5.75 Å². The average Bonchev–Trinajstić information content (AvgIpc) is 3.42. The summed E-state index contributed by atoms with van der Waals surface area (Å²) in [6, 6.07) is 16.7. The Balaban J connectivity index is 0.000000302. The van der Waals surface area contributed by atoms with E-state index < -0.39 is 36.4 Å². The Morgan fingerprint density at radius 2 is 1.49 bits per heavy atom. The van der Waals surface area contributed by atoms with Gasteiger partial charge in [0.25, 0.3) is 0 Å². The maximum absolute atomic E-state index is 10.3. The van der Waals surface area contributed by atoms with Crippen LogP contribution in [0.4, 0.5) is 0 Å². The van der Waals surface area contributed by atoms with Gasteiger partial charge in [-0.05, 0) is 43.0 Å². The number of nitrogens with zero attached hydrogens (tertiary/aromatic N) is 2. The van der Waals surface area contributed by atoms with E-state index >= 15 is 0 Å². The highest BCUT2D eigenvalue weighted by molar-refractivity contribution is 5.88. The number of hydrogen-bond donors (Lipinski definition) is 5. The van der Waals surface area contributed by atoms with Crippen molar-refractivity contribution in [2.45, 2.75) is 63.1 Å². The summed E-state index contributed by atoms with van der Waals surface area (Å²) >= 11 is 0. The zero-order valence-electron chi connectivity index (χ0n) is 23.0. The summed E-state index contributed by atoms with van der Waals surface area (Å²) in [6.45, 7) is 2.85. The van der Waals surface area contributed by atoms with Crippen LogP contribution < -0.4 is 10.1 Å². The first-order valence-corrected chi connectivity index (χ1v) is 13.1. The third kappa shape index (κ3) is 8.32. The van der Waals surface area contributed by atoms with E-state index in [2.05, 4.69) is 58.6 Å². The molecule has 41 heavy (non-hydrogen) atoms. The summed E-state index contributed by atoms with van der Waals surface area (Å²) in [5, 5.41) is 37.6. The van der Waals surface area contributed by atoms with Gasteiger partial charge < -0.3 is 30.5 Å². The van der Waals surface area contributed by atoms with Crippen LogP contribution in [0.2, 0.25) is 0 Å². The summed E-state index contributed by atoms with van der Waals surface area (Å²) in [5.74, 6) is -3.33. The van der Waals surface area contributed by atoms with Crippen LogP contribution in [-0.4, -0.2) is 61.0 Å². The summed E-state index contributed by atoms with van der Waals surface area (Å²) in [4.78, 5) is 39.7. The molecule has 11 heteroatoms. The number of carboxylic acid groups (broad SMARTS) is 3. The van der Waals surface area contributed by atoms with Gasteiger partial charge in [-0.25, -0.2) is 14.8 Å². The molecule has 11 nitrogen and oxygen atoms in total. The smallest absolute Gasteiger partial charge is 0.336 e. The quantitative estimate of drug-likeness (QED) is 0.228. The number of aromatic nitrogens is 2. The van der Waals surface area contributed by atoms with Gasteiger partial charge in [-0.2, -0.15) is 0 Å². The van der Waals surface area contributed by atoms with Crippen LogP contribution in [0.5, 0.6) is 5.75 Å². The van der Waals surface area contributed by atoms with Crippen molar-refractivity contribution in [3.8, 4) is 17.1 Å². The number of rotatable bonds is 11. The molecule has 1 saturated carbocycles. The Kier molecular flexibility index (Phi) is 10.5. The van der Waals surface area contributed by atoms with Crippen LogP contribution in [0.3, 0.4) is 0 Å². The number of ether oxygens (including phenoxy) is 1. The first-order chi connectivity index (χ1) is 19.5.